The molecular formula is C22H23N3O6S2. The highest BCUT2D eigenvalue weighted by Crippen LogP contribution is 2.29. The number of benzene rings is 1. The van der Waals surface area contributed by atoms with Crippen molar-refractivity contribution >= 4 is 40.1 Å². The van der Waals surface area contributed by atoms with Crippen molar-refractivity contribution in [3.8, 4) is 11.5 Å². The highest BCUT2D eigenvalue weighted by Gasteiger charge is 2.17. The van der Waals surface area contributed by atoms with Crippen LogP contribution < -0.4 is 20.2 Å². The molecule has 1 aromatic carbocycles. The van der Waals surface area contributed by atoms with Crippen LogP contribution in [0.5, 0.6) is 11.5 Å². The largest absolute Gasteiger partial charge is 0.497 e. The number of hydrogen-bond donors (Lipinski definition) is 1. The monoisotopic (exact) mass is 489 g/mol. The molecule has 0 aliphatic rings. The molecule has 11 heteroatoms. The molecule has 33 heavy (non-hydrogen) atoms. The topological polar surface area (TPSA) is 121 Å². The minimum Gasteiger partial charge on any atom is -0.497 e. The minimum absolute atomic E-state index is 0.0594. The Morgan fingerprint density at radius 1 is 1.21 bits per heavy atom. The number of carbonyl (C=O) groups is 2. The molecule has 0 saturated carbocycles. The molecule has 0 fully saturated rings. The summed E-state index contributed by atoms with van der Waals surface area (Å²) in [5, 5.41) is 11.2. The maximum Gasteiger partial charge on any atom is 0.343 e. The number of aromatic nitrogens is 2. The lowest BCUT2D eigenvalue weighted by atomic mass is 10.0. The van der Waals surface area contributed by atoms with Gasteiger partial charge in [-0.15, -0.1) is 10.2 Å². The third-order valence-electron chi connectivity index (χ3n) is 4.69. The van der Waals surface area contributed by atoms with Crippen LogP contribution in [-0.4, -0.2) is 29.2 Å². The average Bonchev–Trinajstić information content (AvgIpc) is 3.27. The molecule has 0 unspecified atom stereocenters. The molecule has 2 heterocycles. The molecule has 174 valence electrons. The summed E-state index contributed by atoms with van der Waals surface area (Å²) >= 11 is 2.55. The van der Waals surface area contributed by atoms with Crippen LogP contribution in [0.1, 0.15) is 42.8 Å². The van der Waals surface area contributed by atoms with Gasteiger partial charge < -0.3 is 19.2 Å². The Morgan fingerprint density at radius 3 is 2.70 bits per heavy atom. The maximum atomic E-state index is 12.3. The molecule has 0 saturated heterocycles. The Balaban J connectivity index is 1.57. The number of methoxy groups -OCH3 is 1. The standard InChI is InChI=1S/C22H23N3O6S2/c1-4-13(5-2)19(27)23-21-24-25-22(33-21)32-12-16-10-17(26)18(11-30-16)31-20(28)14-7-6-8-15(9-14)29-3/h6-11,13H,4-5,12H2,1-3H3,(H,23,24,27). The van der Waals surface area contributed by atoms with E-state index in [9.17, 15) is 14.4 Å². The Labute approximate surface area is 198 Å². The molecule has 2 aromatic heterocycles. The first-order valence-electron chi connectivity index (χ1n) is 10.2. The summed E-state index contributed by atoms with van der Waals surface area (Å²) in [6.45, 7) is 3.93. The van der Waals surface area contributed by atoms with Crippen LogP contribution >= 0.6 is 23.1 Å². The molecule has 0 atom stereocenters. The lowest BCUT2D eigenvalue weighted by molar-refractivity contribution is -0.120. The van der Waals surface area contributed by atoms with E-state index in [0.29, 0.717) is 26.7 Å². The van der Waals surface area contributed by atoms with E-state index in [4.69, 9.17) is 13.9 Å². The van der Waals surface area contributed by atoms with Crippen LogP contribution in [0.2, 0.25) is 0 Å². The molecule has 0 aliphatic heterocycles. The van der Waals surface area contributed by atoms with E-state index in [2.05, 4.69) is 15.5 Å². The van der Waals surface area contributed by atoms with Crippen molar-refractivity contribution in [1.82, 2.24) is 10.2 Å². The molecule has 9 nitrogen and oxygen atoms in total. The van der Waals surface area contributed by atoms with Crippen molar-refractivity contribution in [1.29, 1.82) is 0 Å². The van der Waals surface area contributed by atoms with Gasteiger partial charge in [-0.2, -0.15) is 0 Å². The molecule has 1 amide bonds. The number of hydrogen-bond acceptors (Lipinski definition) is 10. The first-order chi connectivity index (χ1) is 15.9. The van der Waals surface area contributed by atoms with Crippen molar-refractivity contribution in [3.05, 3.63) is 58.1 Å². The number of esters is 1. The summed E-state index contributed by atoms with van der Waals surface area (Å²) in [6, 6.07) is 7.67. The molecule has 0 aliphatic carbocycles. The van der Waals surface area contributed by atoms with Gasteiger partial charge >= 0.3 is 5.97 Å². The SMILES string of the molecule is CCC(CC)C(=O)Nc1nnc(SCc2cc(=O)c(OC(=O)c3cccc(OC)c3)co2)s1. The third-order valence-corrected chi connectivity index (χ3v) is 6.69. The van der Waals surface area contributed by atoms with Crippen LogP contribution in [0.25, 0.3) is 0 Å². The van der Waals surface area contributed by atoms with Gasteiger partial charge in [0.2, 0.25) is 22.2 Å². The van der Waals surface area contributed by atoms with Crippen molar-refractivity contribution < 1.29 is 23.5 Å². The number of ether oxygens (including phenoxy) is 2. The van der Waals surface area contributed by atoms with E-state index in [0.717, 1.165) is 19.1 Å². The van der Waals surface area contributed by atoms with Gasteiger partial charge in [-0.1, -0.05) is 43.0 Å². The Bertz CT molecular complexity index is 1170. The number of carbonyl (C=O) groups excluding carboxylic acids is 2. The first-order valence-corrected chi connectivity index (χ1v) is 12.0. The van der Waals surface area contributed by atoms with Crippen LogP contribution in [0.3, 0.4) is 0 Å². The van der Waals surface area contributed by atoms with Gasteiger partial charge in [0, 0.05) is 12.0 Å². The second-order valence-corrected chi connectivity index (χ2v) is 9.06. The molecule has 3 aromatic rings. The smallest absolute Gasteiger partial charge is 0.343 e. The van der Waals surface area contributed by atoms with E-state index >= 15 is 0 Å². The van der Waals surface area contributed by atoms with Crippen molar-refractivity contribution in [2.75, 3.05) is 12.4 Å². The molecule has 1 N–H and O–H groups in total. The highest BCUT2D eigenvalue weighted by atomic mass is 32.2. The fourth-order valence-electron chi connectivity index (χ4n) is 2.82. The van der Waals surface area contributed by atoms with Gasteiger partial charge in [-0.3, -0.25) is 9.59 Å². The summed E-state index contributed by atoms with van der Waals surface area (Å²) < 4.78 is 16.3. The second kappa shape index (κ2) is 11.6. The number of anilines is 1. The zero-order valence-corrected chi connectivity index (χ0v) is 20.0. The van der Waals surface area contributed by atoms with E-state index in [1.807, 2.05) is 13.8 Å². The number of rotatable bonds is 10. The van der Waals surface area contributed by atoms with Gasteiger partial charge in [-0.25, -0.2) is 4.79 Å². The lowest BCUT2D eigenvalue weighted by Crippen LogP contribution is -2.21. The third kappa shape index (κ3) is 6.65. The molecule has 0 radical (unpaired) electrons. The van der Waals surface area contributed by atoms with E-state index in [1.54, 1.807) is 18.2 Å². The van der Waals surface area contributed by atoms with E-state index < -0.39 is 11.4 Å². The van der Waals surface area contributed by atoms with Crippen LogP contribution in [0, 0.1) is 5.92 Å². The summed E-state index contributed by atoms with van der Waals surface area (Å²) in [5.74, 6) is 0.157. The summed E-state index contributed by atoms with van der Waals surface area (Å²) in [6.07, 6.45) is 2.62. The molecule has 3 rings (SSSR count). The van der Waals surface area contributed by atoms with Crippen LogP contribution in [0.4, 0.5) is 5.13 Å². The number of amides is 1. The van der Waals surface area contributed by atoms with Crippen LogP contribution in [0.15, 0.2) is 50.1 Å². The highest BCUT2D eigenvalue weighted by molar-refractivity contribution is 8.00. The van der Waals surface area contributed by atoms with Gasteiger partial charge in [0.25, 0.3) is 0 Å². The summed E-state index contributed by atoms with van der Waals surface area (Å²) in [7, 11) is 1.49. The van der Waals surface area contributed by atoms with Gasteiger partial charge in [-0.05, 0) is 31.0 Å². The minimum atomic E-state index is -0.694. The van der Waals surface area contributed by atoms with Gasteiger partial charge in [0.15, 0.2) is 4.34 Å². The van der Waals surface area contributed by atoms with Crippen molar-refractivity contribution in [2.24, 2.45) is 5.92 Å². The number of nitrogens with zero attached hydrogens (tertiary/aromatic N) is 2. The van der Waals surface area contributed by atoms with Gasteiger partial charge in [0.05, 0.1) is 18.4 Å². The maximum absolute atomic E-state index is 12.3. The number of nitrogens with one attached hydrogen (secondary N) is 1. The van der Waals surface area contributed by atoms with Crippen LogP contribution in [-0.2, 0) is 10.5 Å². The van der Waals surface area contributed by atoms with Crippen molar-refractivity contribution in [3.63, 3.8) is 0 Å². The fourth-order valence-corrected chi connectivity index (χ4v) is 4.46. The Morgan fingerprint density at radius 2 is 2.00 bits per heavy atom. The Kier molecular flexibility index (Phi) is 8.61. The molecule has 0 spiro atoms. The predicted octanol–water partition coefficient (Wildman–Crippen LogP) is 4.39. The predicted molar refractivity (Wildman–Crippen MR) is 125 cm³/mol. The zero-order chi connectivity index (χ0) is 23.8. The van der Waals surface area contributed by atoms with E-state index in [1.165, 1.54) is 42.3 Å². The number of thioether (sulfide) groups is 1. The van der Waals surface area contributed by atoms with Gasteiger partial charge in [0.1, 0.15) is 17.8 Å². The quantitative estimate of drug-likeness (QED) is 0.251. The summed E-state index contributed by atoms with van der Waals surface area (Å²) in [5.41, 5.74) is -0.236. The second-order valence-electron chi connectivity index (χ2n) is 6.86. The zero-order valence-electron chi connectivity index (χ0n) is 18.3. The normalized spacial score (nSPS) is 10.8. The lowest BCUT2D eigenvalue weighted by Gasteiger charge is -2.09. The molecule has 0 bridgehead atoms. The van der Waals surface area contributed by atoms with E-state index in [-0.39, 0.29) is 23.1 Å². The average molecular weight is 490 g/mol. The summed E-state index contributed by atoms with van der Waals surface area (Å²) in [4.78, 5) is 36.8. The Hall–Kier alpha value is -3.18. The molecular weight excluding hydrogens is 466 g/mol. The van der Waals surface area contributed by atoms with Crippen molar-refractivity contribution in [2.45, 2.75) is 36.8 Å². The first kappa shape index (κ1) is 24.5. The fraction of sp³-hybridized carbons (Fsp3) is 0.318.